The smallest absolute Gasteiger partial charge is 0.143 e. The Balaban J connectivity index is 1.05. The number of benzene rings is 10. The second kappa shape index (κ2) is 13.6. The van der Waals surface area contributed by atoms with Crippen LogP contribution >= 0.6 is 0 Å². The lowest BCUT2D eigenvalue weighted by Crippen LogP contribution is -2.11. The van der Waals surface area contributed by atoms with Gasteiger partial charge in [-0.25, -0.2) is 0 Å². The van der Waals surface area contributed by atoms with Crippen molar-refractivity contribution in [3.8, 4) is 27.9 Å². The number of para-hydroxylation sites is 4. The van der Waals surface area contributed by atoms with Gasteiger partial charge in [0.25, 0.3) is 0 Å². The quantitative estimate of drug-likeness (QED) is 0.168. The number of nitrogens with zero attached hydrogens (tertiary/aromatic N) is 2. The minimum Gasteiger partial charge on any atom is -0.456 e. The molecule has 0 atom stereocenters. The molecule has 4 heteroatoms. The molecule has 0 fully saturated rings. The first kappa shape index (κ1) is 34.5. The molecule has 0 amide bonds. The molecule has 13 rings (SSSR count). The summed E-state index contributed by atoms with van der Waals surface area (Å²) in [6.45, 7) is 0. The van der Waals surface area contributed by atoms with Gasteiger partial charge in [-0.05, 0) is 94.9 Å². The fourth-order valence-electron chi connectivity index (χ4n) is 9.93. The Morgan fingerprint density at radius 2 is 0.968 bits per heavy atom. The Morgan fingerprint density at radius 1 is 0.339 bits per heavy atom. The second-order valence-corrected chi connectivity index (χ2v) is 16.0. The number of furan rings is 2. The summed E-state index contributed by atoms with van der Waals surface area (Å²) in [5.41, 5.74) is 14.7. The average Bonchev–Trinajstić information content (AvgIpc) is 4.03. The molecule has 0 bridgehead atoms. The van der Waals surface area contributed by atoms with Crippen molar-refractivity contribution in [1.82, 2.24) is 4.57 Å². The molecular formula is C58H36N2O2. The number of hydrogen-bond donors (Lipinski definition) is 0. The van der Waals surface area contributed by atoms with Crippen LogP contribution in [-0.4, -0.2) is 4.57 Å². The second-order valence-electron chi connectivity index (χ2n) is 16.0. The Morgan fingerprint density at radius 3 is 1.85 bits per heavy atom. The summed E-state index contributed by atoms with van der Waals surface area (Å²) in [5, 5.41) is 9.08. The molecule has 0 aliphatic carbocycles. The van der Waals surface area contributed by atoms with Gasteiger partial charge in [-0.3, -0.25) is 0 Å². The molecule has 3 aromatic heterocycles. The highest BCUT2D eigenvalue weighted by atomic mass is 16.3. The summed E-state index contributed by atoms with van der Waals surface area (Å²) in [7, 11) is 0. The monoisotopic (exact) mass is 792 g/mol. The van der Waals surface area contributed by atoms with Crippen LogP contribution < -0.4 is 4.90 Å². The minimum atomic E-state index is 0.845. The lowest BCUT2D eigenvalue weighted by atomic mass is 9.96. The highest BCUT2D eigenvalue weighted by Gasteiger charge is 2.24. The van der Waals surface area contributed by atoms with E-state index in [2.05, 4.69) is 216 Å². The van der Waals surface area contributed by atoms with Crippen molar-refractivity contribution in [3.05, 3.63) is 218 Å². The molecule has 0 radical (unpaired) electrons. The molecule has 0 saturated heterocycles. The Labute approximate surface area is 356 Å². The Bertz CT molecular complexity index is 3870. The average molecular weight is 793 g/mol. The molecule has 0 aliphatic heterocycles. The number of rotatable bonds is 6. The van der Waals surface area contributed by atoms with Crippen LogP contribution in [0.25, 0.3) is 104 Å². The van der Waals surface area contributed by atoms with E-state index in [1.165, 1.54) is 27.4 Å². The van der Waals surface area contributed by atoms with Crippen LogP contribution in [0, 0.1) is 0 Å². The van der Waals surface area contributed by atoms with E-state index in [1.54, 1.807) is 0 Å². The molecule has 0 N–H and O–H groups in total. The van der Waals surface area contributed by atoms with E-state index >= 15 is 0 Å². The minimum absolute atomic E-state index is 0.845. The number of aromatic nitrogens is 1. The SMILES string of the molecule is c1ccc(-n2c3ccccc3c3c(-c4ccc(N(c5ccccc5-c5cccc6oc7ccccc7c56)c5cccc6oc7c8ccccc8ccc7c56)cc4)cccc32)cc1. The summed E-state index contributed by atoms with van der Waals surface area (Å²) in [6.07, 6.45) is 0. The number of fused-ring (bicyclic) bond motifs is 11. The topological polar surface area (TPSA) is 34.5 Å². The van der Waals surface area contributed by atoms with Crippen LogP contribution in [0.4, 0.5) is 17.1 Å². The van der Waals surface area contributed by atoms with Crippen LogP contribution in [0.1, 0.15) is 0 Å². The van der Waals surface area contributed by atoms with Gasteiger partial charge in [0.2, 0.25) is 0 Å². The van der Waals surface area contributed by atoms with Gasteiger partial charge < -0.3 is 18.3 Å². The van der Waals surface area contributed by atoms with Gasteiger partial charge in [0.05, 0.1) is 27.8 Å². The molecule has 0 spiro atoms. The summed E-state index contributed by atoms with van der Waals surface area (Å²) in [4.78, 5) is 2.41. The van der Waals surface area contributed by atoms with Crippen molar-refractivity contribution in [2.45, 2.75) is 0 Å². The zero-order valence-corrected chi connectivity index (χ0v) is 33.5. The number of hydrogen-bond acceptors (Lipinski definition) is 3. The third-order valence-corrected chi connectivity index (χ3v) is 12.6. The van der Waals surface area contributed by atoms with Crippen molar-refractivity contribution < 1.29 is 8.83 Å². The van der Waals surface area contributed by atoms with E-state index in [0.717, 1.165) is 94.1 Å². The summed E-state index contributed by atoms with van der Waals surface area (Å²) in [5.74, 6) is 0. The van der Waals surface area contributed by atoms with Crippen molar-refractivity contribution in [2.24, 2.45) is 0 Å². The van der Waals surface area contributed by atoms with Gasteiger partial charge in [-0.1, -0.05) is 146 Å². The van der Waals surface area contributed by atoms with Crippen LogP contribution in [0.15, 0.2) is 227 Å². The maximum atomic E-state index is 6.78. The van der Waals surface area contributed by atoms with E-state index in [0.29, 0.717) is 0 Å². The summed E-state index contributed by atoms with van der Waals surface area (Å²) < 4.78 is 15.6. The van der Waals surface area contributed by atoms with Gasteiger partial charge in [0, 0.05) is 49.3 Å². The van der Waals surface area contributed by atoms with Crippen LogP contribution in [0.2, 0.25) is 0 Å². The van der Waals surface area contributed by atoms with Gasteiger partial charge in [0.1, 0.15) is 22.3 Å². The fourth-order valence-corrected chi connectivity index (χ4v) is 9.93. The summed E-state index contributed by atoms with van der Waals surface area (Å²) in [6, 6.07) is 77.9. The van der Waals surface area contributed by atoms with Crippen LogP contribution in [0.5, 0.6) is 0 Å². The largest absolute Gasteiger partial charge is 0.456 e. The predicted molar refractivity (Wildman–Crippen MR) is 258 cm³/mol. The van der Waals surface area contributed by atoms with Crippen LogP contribution in [-0.2, 0) is 0 Å². The third kappa shape index (κ3) is 5.14. The molecule has 10 aromatic carbocycles. The third-order valence-electron chi connectivity index (χ3n) is 12.6. The van der Waals surface area contributed by atoms with E-state index in [-0.39, 0.29) is 0 Å². The van der Waals surface area contributed by atoms with E-state index in [1.807, 2.05) is 12.1 Å². The lowest BCUT2D eigenvalue weighted by molar-refractivity contribution is 0.669. The lowest BCUT2D eigenvalue weighted by Gasteiger charge is -2.29. The molecular weight excluding hydrogens is 757 g/mol. The normalized spacial score (nSPS) is 11.9. The zero-order valence-electron chi connectivity index (χ0n) is 33.5. The van der Waals surface area contributed by atoms with Crippen LogP contribution in [0.3, 0.4) is 0 Å². The van der Waals surface area contributed by atoms with Crippen molar-refractivity contribution in [3.63, 3.8) is 0 Å². The molecule has 62 heavy (non-hydrogen) atoms. The Hall–Kier alpha value is -8.34. The van der Waals surface area contributed by atoms with Crippen molar-refractivity contribution >= 4 is 93.5 Å². The molecule has 0 aliphatic rings. The van der Waals surface area contributed by atoms with E-state index < -0.39 is 0 Å². The van der Waals surface area contributed by atoms with Gasteiger partial charge in [0.15, 0.2) is 0 Å². The fraction of sp³-hybridized carbons (Fsp3) is 0. The molecule has 290 valence electrons. The maximum Gasteiger partial charge on any atom is 0.143 e. The maximum absolute atomic E-state index is 6.78. The first-order valence-electron chi connectivity index (χ1n) is 21.1. The molecule has 0 unspecified atom stereocenters. The van der Waals surface area contributed by atoms with Crippen molar-refractivity contribution in [1.29, 1.82) is 0 Å². The predicted octanol–water partition coefficient (Wildman–Crippen LogP) is 16.5. The van der Waals surface area contributed by atoms with Gasteiger partial charge in [-0.15, -0.1) is 0 Å². The summed E-state index contributed by atoms with van der Waals surface area (Å²) >= 11 is 0. The zero-order chi connectivity index (χ0) is 40.7. The molecule has 4 nitrogen and oxygen atoms in total. The van der Waals surface area contributed by atoms with Gasteiger partial charge >= 0.3 is 0 Å². The highest BCUT2D eigenvalue weighted by Crippen LogP contribution is 2.49. The highest BCUT2D eigenvalue weighted by molar-refractivity contribution is 6.21. The van der Waals surface area contributed by atoms with Crippen molar-refractivity contribution in [2.75, 3.05) is 4.90 Å². The molecule has 3 heterocycles. The van der Waals surface area contributed by atoms with E-state index in [4.69, 9.17) is 8.83 Å². The first-order chi connectivity index (χ1) is 30.8. The van der Waals surface area contributed by atoms with E-state index in [9.17, 15) is 0 Å². The van der Waals surface area contributed by atoms with Gasteiger partial charge in [-0.2, -0.15) is 0 Å². The number of anilines is 3. The Kier molecular flexibility index (Phi) is 7.57. The first-order valence-corrected chi connectivity index (χ1v) is 21.1. The standard InChI is InChI=1S/C58H36N2O2/c1-2-16-39(17-3-1)59-49-25-10-7-20-45(49)55-41(22-12-26-50(55)59)38-31-34-40(35-32-38)60(51-27-14-30-54-57(51)47-36-33-37-15-4-5-18-42(37)58(47)62-54)48-24-9-6-19-43(48)44-23-13-29-53-56(44)46-21-8-11-28-52(46)61-53/h1-36H. The molecule has 13 aromatic rings. The molecule has 0 saturated carbocycles.